The van der Waals surface area contributed by atoms with Crippen molar-refractivity contribution in [3.8, 4) is 0 Å². The van der Waals surface area contributed by atoms with Crippen molar-refractivity contribution in [1.82, 2.24) is 10.2 Å². The Balaban J connectivity index is 1.79. The monoisotopic (exact) mass is 258 g/mol. The van der Waals surface area contributed by atoms with Crippen LogP contribution >= 0.6 is 0 Å². The molecule has 0 spiro atoms. The second-order valence-corrected chi connectivity index (χ2v) is 5.36. The van der Waals surface area contributed by atoms with E-state index in [1.807, 2.05) is 24.3 Å². The largest absolute Gasteiger partial charge is 0.316 e. The summed E-state index contributed by atoms with van der Waals surface area (Å²) in [5.74, 6) is 0.207. The first-order valence-electron chi connectivity index (χ1n) is 6.89. The molecule has 3 rings (SSSR count). The smallest absolute Gasteiger partial charge is 0.260 e. The molecular formula is C15H18N2O2. The van der Waals surface area contributed by atoms with E-state index in [9.17, 15) is 9.59 Å². The summed E-state index contributed by atoms with van der Waals surface area (Å²) in [6.07, 6.45) is 2.56. The summed E-state index contributed by atoms with van der Waals surface area (Å²) in [6, 6.07) is 7.41. The first-order chi connectivity index (χ1) is 9.25. The van der Waals surface area contributed by atoms with Gasteiger partial charge in [0.05, 0.1) is 6.42 Å². The fourth-order valence-corrected chi connectivity index (χ4v) is 2.92. The predicted octanol–water partition coefficient (Wildman–Crippen LogP) is 1.21. The number of amides is 2. The van der Waals surface area contributed by atoms with Gasteiger partial charge in [-0.1, -0.05) is 18.2 Å². The average Bonchev–Trinajstić information content (AvgIpc) is 2.45. The van der Waals surface area contributed by atoms with Gasteiger partial charge < -0.3 is 5.32 Å². The van der Waals surface area contributed by atoms with Gasteiger partial charge in [-0.3, -0.25) is 14.5 Å². The van der Waals surface area contributed by atoms with Crippen LogP contribution < -0.4 is 5.32 Å². The number of rotatable bonds is 2. The van der Waals surface area contributed by atoms with Gasteiger partial charge >= 0.3 is 0 Å². The van der Waals surface area contributed by atoms with Crippen molar-refractivity contribution in [3.05, 3.63) is 35.4 Å². The van der Waals surface area contributed by atoms with Crippen molar-refractivity contribution in [2.45, 2.75) is 19.3 Å². The Morgan fingerprint density at radius 1 is 1.26 bits per heavy atom. The summed E-state index contributed by atoms with van der Waals surface area (Å²) in [7, 11) is 0. The van der Waals surface area contributed by atoms with E-state index in [1.165, 1.54) is 4.90 Å². The van der Waals surface area contributed by atoms with E-state index >= 15 is 0 Å². The van der Waals surface area contributed by atoms with Crippen molar-refractivity contribution in [2.75, 3.05) is 19.6 Å². The summed E-state index contributed by atoms with van der Waals surface area (Å²) >= 11 is 0. The summed E-state index contributed by atoms with van der Waals surface area (Å²) in [4.78, 5) is 26.0. The number of carbonyl (C=O) groups excluding carboxylic acids is 2. The second kappa shape index (κ2) is 5.13. The maximum atomic E-state index is 12.4. The standard InChI is InChI=1S/C15H18N2O2/c18-14-8-12-5-1-2-6-13(12)15(19)17(14)10-11-4-3-7-16-9-11/h1-2,5-6,11,16H,3-4,7-10H2. The zero-order valence-corrected chi connectivity index (χ0v) is 10.9. The third-order valence-corrected chi connectivity index (χ3v) is 3.98. The van der Waals surface area contributed by atoms with Gasteiger partial charge in [-0.2, -0.15) is 0 Å². The summed E-state index contributed by atoms with van der Waals surface area (Å²) < 4.78 is 0. The Morgan fingerprint density at radius 2 is 2.11 bits per heavy atom. The lowest BCUT2D eigenvalue weighted by molar-refractivity contribution is -0.129. The van der Waals surface area contributed by atoms with Crippen LogP contribution in [0.3, 0.4) is 0 Å². The van der Waals surface area contributed by atoms with Gasteiger partial charge in [0, 0.05) is 12.1 Å². The zero-order valence-electron chi connectivity index (χ0n) is 10.9. The van der Waals surface area contributed by atoms with Gasteiger partial charge in [-0.15, -0.1) is 0 Å². The Labute approximate surface area is 112 Å². The average molecular weight is 258 g/mol. The van der Waals surface area contributed by atoms with Gasteiger partial charge in [0.1, 0.15) is 0 Å². The first kappa shape index (κ1) is 12.4. The summed E-state index contributed by atoms with van der Waals surface area (Å²) in [6.45, 7) is 2.50. The van der Waals surface area contributed by atoms with Crippen molar-refractivity contribution in [1.29, 1.82) is 0 Å². The number of benzene rings is 1. The molecule has 2 amide bonds. The van der Waals surface area contributed by atoms with E-state index in [0.29, 0.717) is 24.4 Å². The lowest BCUT2D eigenvalue weighted by Crippen LogP contribution is -2.47. The number of hydrogen-bond acceptors (Lipinski definition) is 3. The second-order valence-electron chi connectivity index (χ2n) is 5.36. The molecule has 2 aliphatic rings. The molecule has 2 aliphatic heterocycles. The molecule has 0 radical (unpaired) electrons. The highest BCUT2D eigenvalue weighted by molar-refractivity contribution is 6.09. The van der Waals surface area contributed by atoms with Crippen LogP contribution in [0.2, 0.25) is 0 Å². The van der Waals surface area contributed by atoms with Crippen LogP contribution in [0.1, 0.15) is 28.8 Å². The molecule has 19 heavy (non-hydrogen) atoms. The molecule has 4 heteroatoms. The summed E-state index contributed by atoms with van der Waals surface area (Å²) in [5, 5.41) is 3.32. The van der Waals surface area contributed by atoms with Crippen molar-refractivity contribution in [3.63, 3.8) is 0 Å². The maximum Gasteiger partial charge on any atom is 0.260 e. The van der Waals surface area contributed by atoms with Crippen LogP contribution in [0.15, 0.2) is 24.3 Å². The quantitative estimate of drug-likeness (QED) is 0.811. The molecule has 0 aromatic heterocycles. The molecule has 1 saturated heterocycles. The molecule has 1 aromatic carbocycles. The highest BCUT2D eigenvalue weighted by Crippen LogP contribution is 2.22. The Hall–Kier alpha value is -1.68. The fraction of sp³-hybridized carbons (Fsp3) is 0.467. The van der Waals surface area contributed by atoms with E-state index in [-0.39, 0.29) is 11.8 Å². The van der Waals surface area contributed by atoms with E-state index in [1.54, 1.807) is 0 Å². The van der Waals surface area contributed by atoms with E-state index in [2.05, 4.69) is 5.32 Å². The molecule has 4 nitrogen and oxygen atoms in total. The number of hydrogen-bond donors (Lipinski definition) is 1. The van der Waals surface area contributed by atoms with E-state index in [0.717, 1.165) is 31.5 Å². The highest BCUT2D eigenvalue weighted by atomic mass is 16.2. The van der Waals surface area contributed by atoms with Gasteiger partial charge in [0.2, 0.25) is 5.91 Å². The predicted molar refractivity (Wildman–Crippen MR) is 71.8 cm³/mol. The van der Waals surface area contributed by atoms with Crippen molar-refractivity contribution < 1.29 is 9.59 Å². The molecule has 1 N–H and O–H groups in total. The summed E-state index contributed by atoms with van der Waals surface area (Å²) in [5.41, 5.74) is 1.54. The van der Waals surface area contributed by atoms with E-state index in [4.69, 9.17) is 0 Å². The topological polar surface area (TPSA) is 49.4 Å². The molecule has 0 saturated carbocycles. The van der Waals surface area contributed by atoms with Gasteiger partial charge in [0.25, 0.3) is 5.91 Å². The van der Waals surface area contributed by atoms with Crippen LogP contribution in [0.4, 0.5) is 0 Å². The number of carbonyl (C=O) groups is 2. The Morgan fingerprint density at radius 3 is 2.89 bits per heavy atom. The molecule has 0 aliphatic carbocycles. The number of piperidine rings is 1. The SMILES string of the molecule is O=C1Cc2ccccc2C(=O)N1CC1CCCNC1. The lowest BCUT2D eigenvalue weighted by atomic mass is 9.95. The van der Waals surface area contributed by atoms with Gasteiger partial charge in [0.15, 0.2) is 0 Å². The van der Waals surface area contributed by atoms with Crippen molar-refractivity contribution in [2.24, 2.45) is 5.92 Å². The maximum absolute atomic E-state index is 12.4. The number of nitrogens with zero attached hydrogens (tertiary/aromatic N) is 1. The zero-order chi connectivity index (χ0) is 13.2. The molecule has 1 atom stereocenters. The van der Waals surface area contributed by atoms with Crippen molar-refractivity contribution >= 4 is 11.8 Å². The van der Waals surface area contributed by atoms with Gasteiger partial charge in [-0.25, -0.2) is 0 Å². The minimum atomic E-state index is -0.127. The van der Waals surface area contributed by atoms with Crippen LogP contribution in [0.25, 0.3) is 0 Å². The first-order valence-corrected chi connectivity index (χ1v) is 6.89. The molecule has 2 heterocycles. The molecule has 0 bridgehead atoms. The molecule has 100 valence electrons. The van der Waals surface area contributed by atoms with Crippen LogP contribution in [0.5, 0.6) is 0 Å². The number of imide groups is 1. The fourth-order valence-electron chi connectivity index (χ4n) is 2.92. The van der Waals surface area contributed by atoms with E-state index < -0.39 is 0 Å². The highest BCUT2D eigenvalue weighted by Gasteiger charge is 2.32. The minimum absolute atomic E-state index is 0.0609. The molecular weight excluding hydrogens is 240 g/mol. The van der Waals surface area contributed by atoms with Gasteiger partial charge in [-0.05, 0) is 43.5 Å². The van der Waals surface area contributed by atoms with Crippen LogP contribution in [0, 0.1) is 5.92 Å². The molecule has 1 unspecified atom stereocenters. The van der Waals surface area contributed by atoms with Crippen LogP contribution in [-0.2, 0) is 11.2 Å². The van der Waals surface area contributed by atoms with Crippen LogP contribution in [-0.4, -0.2) is 36.3 Å². The molecule has 1 fully saturated rings. The number of fused-ring (bicyclic) bond motifs is 1. The third kappa shape index (κ3) is 2.40. The molecule has 1 aromatic rings. The Kier molecular flexibility index (Phi) is 3.34. The minimum Gasteiger partial charge on any atom is -0.316 e. The third-order valence-electron chi connectivity index (χ3n) is 3.98. The Bertz CT molecular complexity index is 507. The lowest BCUT2D eigenvalue weighted by Gasteiger charge is -2.32. The number of nitrogens with one attached hydrogen (secondary N) is 1. The normalized spacial score (nSPS) is 23.4.